The van der Waals surface area contributed by atoms with Crippen molar-refractivity contribution in [3.8, 4) is 0 Å². The molecule has 0 saturated carbocycles. The lowest BCUT2D eigenvalue weighted by atomic mass is 10.1. The minimum Gasteiger partial charge on any atom is -0.448 e. The van der Waals surface area contributed by atoms with Gasteiger partial charge in [-0.05, 0) is 19.3 Å². The maximum atomic E-state index is 10.4. The first-order chi connectivity index (χ1) is 5.36. The predicted octanol–water partition coefficient (Wildman–Crippen LogP) is 0.871. The third kappa shape index (κ3) is 2.19. The van der Waals surface area contributed by atoms with E-state index in [-0.39, 0.29) is 12.1 Å². The standard InChI is InChI=1S/C8H12O3/c9-8-7(11-8)4-2-1-3-6-5-10-6/h6-7H,1-5H2. The molecule has 2 aliphatic rings. The van der Waals surface area contributed by atoms with E-state index < -0.39 is 0 Å². The zero-order valence-electron chi connectivity index (χ0n) is 6.41. The van der Waals surface area contributed by atoms with E-state index in [1.807, 2.05) is 0 Å². The average Bonchev–Trinajstić information content (AvgIpc) is 2.81. The molecule has 0 N–H and O–H groups in total. The molecule has 3 nitrogen and oxygen atoms in total. The van der Waals surface area contributed by atoms with Gasteiger partial charge >= 0.3 is 5.97 Å². The quantitative estimate of drug-likeness (QED) is 0.438. The van der Waals surface area contributed by atoms with Crippen molar-refractivity contribution in [3.63, 3.8) is 0 Å². The SMILES string of the molecule is O=C1OC1CCCCC1CO1. The summed E-state index contributed by atoms with van der Waals surface area (Å²) in [5, 5.41) is 0. The van der Waals surface area contributed by atoms with Crippen molar-refractivity contribution in [2.45, 2.75) is 37.9 Å². The Hall–Kier alpha value is -0.570. The Morgan fingerprint density at radius 3 is 2.55 bits per heavy atom. The first-order valence-electron chi connectivity index (χ1n) is 4.18. The lowest BCUT2D eigenvalue weighted by Gasteiger charge is -1.92. The molecule has 2 unspecified atom stereocenters. The van der Waals surface area contributed by atoms with Gasteiger partial charge < -0.3 is 9.47 Å². The number of ether oxygens (including phenoxy) is 2. The summed E-state index contributed by atoms with van der Waals surface area (Å²) in [7, 11) is 0. The van der Waals surface area contributed by atoms with Crippen LogP contribution in [0.5, 0.6) is 0 Å². The van der Waals surface area contributed by atoms with Crippen LogP contribution in [0.25, 0.3) is 0 Å². The molecule has 0 aromatic rings. The Balaban J connectivity index is 1.44. The minimum atomic E-state index is -0.0462. The summed E-state index contributed by atoms with van der Waals surface area (Å²) in [6.07, 6.45) is 4.81. The number of hydrogen-bond acceptors (Lipinski definition) is 3. The van der Waals surface area contributed by atoms with Gasteiger partial charge in [0.25, 0.3) is 0 Å². The molecule has 0 amide bonds. The lowest BCUT2D eigenvalue weighted by Crippen LogP contribution is -1.90. The molecule has 11 heavy (non-hydrogen) atoms. The smallest absolute Gasteiger partial charge is 0.348 e. The van der Waals surface area contributed by atoms with Crippen molar-refractivity contribution >= 4 is 5.97 Å². The van der Waals surface area contributed by atoms with Gasteiger partial charge in [0.05, 0.1) is 12.7 Å². The highest BCUT2D eigenvalue weighted by Crippen LogP contribution is 2.22. The molecule has 2 fully saturated rings. The van der Waals surface area contributed by atoms with Crippen LogP contribution in [-0.2, 0) is 14.3 Å². The van der Waals surface area contributed by atoms with Crippen molar-refractivity contribution in [2.24, 2.45) is 0 Å². The van der Waals surface area contributed by atoms with Crippen molar-refractivity contribution < 1.29 is 14.3 Å². The molecule has 0 aliphatic carbocycles. The Bertz CT molecular complexity index is 163. The van der Waals surface area contributed by atoms with Crippen LogP contribution < -0.4 is 0 Å². The Morgan fingerprint density at radius 1 is 1.36 bits per heavy atom. The van der Waals surface area contributed by atoms with Gasteiger partial charge in [-0.1, -0.05) is 6.42 Å². The van der Waals surface area contributed by atoms with E-state index in [1.165, 1.54) is 0 Å². The highest BCUT2D eigenvalue weighted by atomic mass is 16.6. The summed E-state index contributed by atoms with van der Waals surface area (Å²) in [6, 6.07) is 0. The third-order valence-corrected chi connectivity index (χ3v) is 2.11. The van der Waals surface area contributed by atoms with Crippen molar-refractivity contribution in [2.75, 3.05) is 6.61 Å². The number of rotatable bonds is 5. The lowest BCUT2D eigenvalue weighted by molar-refractivity contribution is -0.117. The number of carbonyl (C=O) groups excluding carboxylic acids is 1. The van der Waals surface area contributed by atoms with Gasteiger partial charge in [0.1, 0.15) is 0 Å². The summed E-state index contributed by atoms with van der Waals surface area (Å²) in [4.78, 5) is 10.4. The van der Waals surface area contributed by atoms with Gasteiger partial charge in [0.2, 0.25) is 0 Å². The van der Waals surface area contributed by atoms with Crippen molar-refractivity contribution in [1.29, 1.82) is 0 Å². The summed E-state index contributed by atoms with van der Waals surface area (Å²) in [6.45, 7) is 0.943. The number of unbranched alkanes of at least 4 members (excludes halogenated alkanes) is 1. The fourth-order valence-electron chi connectivity index (χ4n) is 1.22. The van der Waals surface area contributed by atoms with Crippen LogP contribution in [0, 0.1) is 0 Å². The summed E-state index contributed by atoms with van der Waals surface area (Å²) >= 11 is 0. The first kappa shape index (κ1) is 7.10. The topological polar surface area (TPSA) is 42.1 Å². The Kier molecular flexibility index (Phi) is 1.82. The molecule has 2 rings (SSSR count). The second-order valence-electron chi connectivity index (χ2n) is 3.17. The van der Waals surface area contributed by atoms with Crippen LogP contribution in [0.3, 0.4) is 0 Å². The maximum Gasteiger partial charge on any atom is 0.348 e. The maximum absolute atomic E-state index is 10.4. The molecule has 2 aliphatic heterocycles. The molecular weight excluding hydrogens is 144 g/mol. The van der Waals surface area contributed by atoms with Crippen LogP contribution in [0.15, 0.2) is 0 Å². The molecule has 3 heteroatoms. The van der Waals surface area contributed by atoms with E-state index in [1.54, 1.807) is 0 Å². The van der Waals surface area contributed by atoms with E-state index in [0.717, 1.165) is 32.3 Å². The van der Waals surface area contributed by atoms with Crippen LogP contribution >= 0.6 is 0 Å². The van der Waals surface area contributed by atoms with Gasteiger partial charge in [0, 0.05) is 0 Å². The molecule has 0 spiro atoms. The van der Waals surface area contributed by atoms with Gasteiger partial charge in [-0.3, -0.25) is 0 Å². The summed E-state index contributed by atoms with van der Waals surface area (Å²) in [5.41, 5.74) is 0. The number of epoxide rings is 2. The monoisotopic (exact) mass is 156 g/mol. The van der Waals surface area contributed by atoms with E-state index in [4.69, 9.17) is 4.74 Å². The zero-order valence-corrected chi connectivity index (χ0v) is 6.41. The van der Waals surface area contributed by atoms with Crippen LogP contribution in [0.4, 0.5) is 0 Å². The molecule has 2 heterocycles. The van der Waals surface area contributed by atoms with E-state index in [2.05, 4.69) is 4.74 Å². The van der Waals surface area contributed by atoms with Crippen molar-refractivity contribution in [1.82, 2.24) is 0 Å². The largest absolute Gasteiger partial charge is 0.448 e. The highest BCUT2D eigenvalue weighted by Gasteiger charge is 2.36. The fraction of sp³-hybridized carbons (Fsp3) is 0.875. The fourth-order valence-corrected chi connectivity index (χ4v) is 1.22. The highest BCUT2D eigenvalue weighted by molar-refractivity contribution is 5.87. The predicted molar refractivity (Wildman–Crippen MR) is 38.1 cm³/mol. The first-order valence-corrected chi connectivity index (χ1v) is 4.18. The van der Waals surface area contributed by atoms with Gasteiger partial charge in [-0.15, -0.1) is 0 Å². The summed E-state index contributed by atoms with van der Waals surface area (Å²) in [5.74, 6) is -0.0207. The molecule has 0 radical (unpaired) electrons. The second kappa shape index (κ2) is 2.81. The number of cyclic esters (lactones) is 1. The Morgan fingerprint density at radius 2 is 2.00 bits per heavy atom. The molecule has 0 aromatic heterocycles. The molecule has 2 saturated heterocycles. The van der Waals surface area contributed by atoms with E-state index in [0.29, 0.717) is 6.10 Å². The molecular formula is C8H12O3. The van der Waals surface area contributed by atoms with E-state index in [9.17, 15) is 4.79 Å². The second-order valence-corrected chi connectivity index (χ2v) is 3.17. The third-order valence-electron chi connectivity index (χ3n) is 2.11. The van der Waals surface area contributed by atoms with Gasteiger partial charge in [-0.25, -0.2) is 4.79 Å². The molecule has 0 bridgehead atoms. The van der Waals surface area contributed by atoms with E-state index >= 15 is 0 Å². The molecule has 0 aromatic carbocycles. The normalized spacial score (nSPS) is 33.3. The van der Waals surface area contributed by atoms with Gasteiger partial charge in [-0.2, -0.15) is 0 Å². The van der Waals surface area contributed by atoms with Crippen LogP contribution in [-0.4, -0.2) is 24.8 Å². The van der Waals surface area contributed by atoms with Gasteiger partial charge in [0.15, 0.2) is 6.10 Å². The zero-order chi connectivity index (χ0) is 7.68. The number of carbonyl (C=O) groups is 1. The average molecular weight is 156 g/mol. The van der Waals surface area contributed by atoms with Crippen LogP contribution in [0.2, 0.25) is 0 Å². The van der Waals surface area contributed by atoms with Crippen LogP contribution in [0.1, 0.15) is 25.7 Å². The number of hydrogen-bond donors (Lipinski definition) is 0. The van der Waals surface area contributed by atoms with Crippen molar-refractivity contribution in [3.05, 3.63) is 0 Å². The minimum absolute atomic E-state index is 0.0207. The molecule has 2 atom stereocenters. The molecule has 62 valence electrons. The Labute approximate surface area is 65.7 Å². The summed E-state index contributed by atoms with van der Waals surface area (Å²) < 4.78 is 9.72.